The average molecular weight is 308 g/mol. The summed E-state index contributed by atoms with van der Waals surface area (Å²) in [6, 6.07) is 4.45. The molecule has 1 atom stereocenters. The van der Waals surface area contributed by atoms with Gasteiger partial charge in [-0.15, -0.1) is 0 Å². The highest BCUT2D eigenvalue weighted by Crippen LogP contribution is 2.15. The molecule has 0 saturated heterocycles. The summed E-state index contributed by atoms with van der Waals surface area (Å²) in [5.41, 5.74) is 0.997. The lowest BCUT2D eigenvalue weighted by atomic mass is 10.1. The molecule has 0 aliphatic heterocycles. The lowest BCUT2D eigenvalue weighted by molar-refractivity contribution is 0.0934. The Bertz CT molecular complexity index is 725. The Morgan fingerprint density at radius 1 is 1.33 bits per heavy atom. The molecule has 0 unspecified atom stereocenters. The second-order valence-electron chi connectivity index (χ2n) is 4.55. The normalized spacial score (nSPS) is 12.9. The van der Waals surface area contributed by atoms with E-state index in [1.165, 1.54) is 18.6 Å². The molecule has 8 heteroatoms. The van der Waals surface area contributed by atoms with Crippen molar-refractivity contribution < 1.29 is 13.2 Å². The molecule has 2 rings (SSSR count). The van der Waals surface area contributed by atoms with Crippen molar-refractivity contribution >= 4 is 15.9 Å². The van der Waals surface area contributed by atoms with Gasteiger partial charge in [-0.25, -0.2) is 8.42 Å². The van der Waals surface area contributed by atoms with Gasteiger partial charge in [-0.1, -0.05) is 6.92 Å². The Labute approximate surface area is 123 Å². The second-order valence-corrected chi connectivity index (χ2v) is 6.39. The Morgan fingerprint density at radius 2 is 2.00 bits per heavy atom. The molecule has 7 nitrogen and oxygen atoms in total. The number of amides is 1. The number of carbonyl (C=O) groups excluding carboxylic acids is 1. The van der Waals surface area contributed by atoms with E-state index in [2.05, 4.69) is 15.4 Å². The fourth-order valence-electron chi connectivity index (χ4n) is 1.82. The Morgan fingerprint density at radius 3 is 2.52 bits per heavy atom. The number of pyridine rings is 1. The van der Waals surface area contributed by atoms with Crippen LogP contribution in [-0.2, 0) is 10.0 Å². The zero-order valence-corrected chi connectivity index (χ0v) is 12.5. The second kappa shape index (κ2) is 6.04. The van der Waals surface area contributed by atoms with E-state index in [4.69, 9.17) is 0 Å². The molecule has 1 N–H and O–H groups in total. The molecule has 0 aliphatic carbocycles. The number of nitrogens with one attached hydrogen (secondary N) is 1. The van der Waals surface area contributed by atoms with E-state index in [1.54, 1.807) is 18.2 Å². The van der Waals surface area contributed by atoms with Gasteiger partial charge < -0.3 is 5.32 Å². The van der Waals surface area contributed by atoms with E-state index in [0.717, 1.165) is 10.3 Å². The third kappa shape index (κ3) is 3.66. The van der Waals surface area contributed by atoms with Gasteiger partial charge in [0.25, 0.3) is 15.9 Å². The predicted octanol–water partition coefficient (Wildman–Crippen LogP) is 0.967. The summed E-state index contributed by atoms with van der Waals surface area (Å²) >= 11 is 0. The van der Waals surface area contributed by atoms with Crippen LogP contribution < -0.4 is 5.32 Å². The van der Waals surface area contributed by atoms with Crippen LogP contribution in [0.25, 0.3) is 0 Å². The predicted molar refractivity (Wildman–Crippen MR) is 77.2 cm³/mol. The van der Waals surface area contributed by atoms with Crippen molar-refractivity contribution in [1.29, 1.82) is 0 Å². The molecule has 112 valence electrons. The highest BCUT2D eigenvalue weighted by atomic mass is 32.2. The molecule has 0 saturated carbocycles. The number of hydrogen-bond acceptors (Lipinski definition) is 5. The molecule has 0 spiro atoms. The van der Waals surface area contributed by atoms with Crippen LogP contribution in [0, 0.1) is 0 Å². The summed E-state index contributed by atoms with van der Waals surface area (Å²) in [5, 5.41) is 6.83. The first-order valence-corrected chi connectivity index (χ1v) is 8.23. The van der Waals surface area contributed by atoms with Gasteiger partial charge in [-0.05, 0) is 24.6 Å². The van der Waals surface area contributed by atoms with E-state index in [1.807, 2.05) is 6.92 Å². The molecule has 0 fully saturated rings. The summed E-state index contributed by atoms with van der Waals surface area (Å²) in [7, 11) is -3.42. The lowest BCUT2D eigenvalue weighted by Crippen LogP contribution is -2.28. The van der Waals surface area contributed by atoms with Crippen molar-refractivity contribution in [3.05, 3.63) is 48.0 Å². The maximum Gasteiger partial charge on any atom is 0.251 e. The van der Waals surface area contributed by atoms with E-state index in [0.29, 0.717) is 17.7 Å². The summed E-state index contributed by atoms with van der Waals surface area (Å²) in [6.07, 6.45) is 6.10. The van der Waals surface area contributed by atoms with Gasteiger partial charge in [-0.3, -0.25) is 9.78 Å². The van der Waals surface area contributed by atoms with E-state index in [9.17, 15) is 13.2 Å². The van der Waals surface area contributed by atoms with Crippen molar-refractivity contribution in [3.63, 3.8) is 0 Å². The Balaban J connectivity index is 2.17. The zero-order chi connectivity index (χ0) is 15.5. The highest BCUT2D eigenvalue weighted by Gasteiger charge is 2.18. The maximum atomic E-state index is 12.1. The number of rotatable bonds is 5. The van der Waals surface area contributed by atoms with Gasteiger partial charge in [-0.2, -0.15) is 9.19 Å². The molecule has 1 amide bonds. The first kappa shape index (κ1) is 15.2. The van der Waals surface area contributed by atoms with Crippen LogP contribution in [0.3, 0.4) is 0 Å². The number of aromatic nitrogens is 3. The largest absolute Gasteiger partial charge is 0.344 e. The summed E-state index contributed by atoms with van der Waals surface area (Å²) < 4.78 is 23.7. The molecule has 0 bridgehead atoms. The van der Waals surface area contributed by atoms with Gasteiger partial charge in [0.05, 0.1) is 18.0 Å². The minimum Gasteiger partial charge on any atom is -0.344 e. The van der Waals surface area contributed by atoms with Crippen LogP contribution in [0.2, 0.25) is 0 Å². The first-order chi connectivity index (χ1) is 9.91. The van der Waals surface area contributed by atoms with Gasteiger partial charge in [0, 0.05) is 24.2 Å². The van der Waals surface area contributed by atoms with E-state index < -0.39 is 10.0 Å². The zero-order valence-electron chi connectivity index (χ0n) is 11.7. The van der Waals surface area contributed by atoms with Crippen molar-refractivity contribution in [2.24, 2.45) is 0 Å². The van der Waals surface area contributed by atoms with Crippen LogP contribution in [0.15, 0.2) is 36.8 Å². The van der Waals surface area contributed by atoms with Gasteiger partial charge in [0.1, 0.15) is 0 Å². The fourth-order valence-corrected chi connectivity index (χ4v) is 2.35. The van der Waals surface area contributed by atoms with Crippen LogP contribution in [0.4, 0.5) is 0 Å². The first-order valence-electron chi connectivity index (χ1n) is 6.39. The highest BCUT2D eigenvalue weighted by molar-refractivity contribution is 7.89. The summed E-state index contributed by atoms with van der Waals surface area (Å²) in [4.78, 5) is 16.0. The smallest absolute Gasteiger partial charge is 0.251 e. The standard InChI is InChI=1S/C13H16N4O3S/c1-3-11(12-6-9-17(16-12)21(2,19)20)15-13(18)10-4-7-14-8-5-10/h4-9,11H,3H2,1-2H3,(H,15,18)/t11-/m0/s1. The maximum absolute atomic E-state index is 12.1. The molecule has 2 aromatic heterocycles. The van der Waals surface area contributed by atoms with Crippen molar-refractivity contribution in [2.45, 2.75) is 19.4 Å². The molecule has 0 aliphatic rings. The number of carbonyl (C=O) groups is 1. The van der Waals surface area contributed by atoms with E-state index in [-0.39, 0.29) is 11.9 Å². The monoisotopic (exact) mass is 308 g/mol. The van der Waals surface area contributed by atoms with Crippen LogP contribution in [0.5, 0.6) is 0 Å². The molecule has 2 heterocycles. The number of hydrogen-bond donors (Lipinski definition) is 1. The van der Waals surface area contributed by atoms with Crippen LogP contribution in [-0.4, -0.2) is 34.8 Å². The van der Waals surface area contributed by atoms with Gasteiger partial charge >= 0.3 is 0 Å². The topological polar surface area (TPSA) is 94.0 Å². The quantitative estimate of drug-likeness (QED) is 0.888. The van der Waals surface area contributed by atoms with Gasteiger partial charge in [0.15, 0.2) is 0 Å². The average Bonchev–Trinajstić information content (AvgIpc) is 2.95. The fraction of sp³-hybridized carbons (Fsp3) is 0.308. The molecule has 2 aromatic rings. The third-order valence-corrected chi connectivity index (χ3v) is 3.82. The molecule has 21 heavy (non-hydrogen) atoms. The Kier molecular flexibility index (Phi) is 4.37. The SMILES string of the molecule is CC[C@H](NC(=O)c1ccncc1)c1ccn(S(C)(=O)=O)n1. The van der Waals surface area contributed by atoms with Crippen LogP contribution >= 0.6 is 0 Å². The molecular formula is C13H16N4O3S. The van der Waals surface area contributed by atoms with Crippen LogP contribution in [0.1, 0.15) is 35.4 Å². The molecule has 0 aromatic carbocycles. The molecule has 0 radical (unpaired) electrons. The summed E-state index contributed by atoms with van der Waals surface area (Å²) in [5.74, 6) is -0.252. The van der Waals surface area contributed by atoms with Gasteiger partial charge in [0.2, 0.25) is 0 Å². The van der Waals surface area contributed by atoms with Crippen molar-refractivity contribution in [1.82, 2.24) is 19.5 Å². The third-order valence-electron chi connectivity index (χ3n) is 2.94. The molecular weight excluding hydrogens is 292 g/mol. The summed E-state index contributed by atoms with van der Waals surface area (Å²) in [6.45, 7) is 1.89. The van der Waals surface area contributed by atoms with Crippen molar-refractivity contribution in [3.8, 4) is 0 Å². The van der Waals surface area contributed by atoms with Crippen molar-refractivity contribution in [2.75, 3.05) is 6.26 Å². The van der Waals surface area contributed by atoms with E-state index >= 15 is 0 Å². The minimum atomic E-state index is -3.42. The Hall–Kier alpha value is -2.22. The lowest BCUT2D eigenvalue weighted by Gasteiger charge is -2.14. The number of nitrogens with zero attached hydrogens (tertiary/aromatic N) is 3. The minimum absolute atomic E-state index is 0.252.